The van der Waals surface area contributed by atoms with Gasteiger partial charge in [0.1, 0.15) is 5.75 Å². The summed E-state index contributed by atoms with van der Waals surface area (Å²) in [4.78, 5) is 9.32. The van der Waals surface area contributed by atoms with Crippen molar-refractivity contribution in [3.05, 3.63) is 48.0 Å². The van der Waals surface area contributed by atoms with Crippen LogP contribution in [-0.4, -0.2) is 52.1 Å². The monoisotopic (exact) mass is 328 g/mol. The molecule has 0 saturated carbocycles. The number of hydrogen-bond acceptors (Lipinski definition) is 4. The van der Waals surface area contributed by atoms with Crippen molar-refractivity contribution in [3.8, 4) is 5.75 Å². The molecule has 0 N–H and O–H groups in total. The van der Waals surface area contributed by atoms with Gasteiger partial charge in [-0.1, -0.05) is 12.1 Å². The molecular formula is C19H28N4O. The topological polar surface area (TPSA) is 33.5 Å². The van der Waals surface area contributed by atoms with Gasteiger partial charge in [0.15, 0.2) is 0 Å². The maximum Gasteiger partial charge on any atom is 0.119 e. The molecule has 130 valence electrons. The standard InChI is InChI=1S/C19H28N4O/c1-3-23-16-20-13-18(23)15-22-11-9-21(10-12-22)14-17-5-7-19(8-6-17)24-4-2/h5-8,13,16H,3-4,9-12,14-15H2,1-2H3. The van der Waals surface area contributed by atoms with Gasteiger partial charge >= 0.3 is 0 Å². The first-order valence-electron chi connectivity index (χ1n) is 8.94. The molecule has 0 atom stereocenters. The summed E-state index contributed by atoms with van der Waals surface area (Å²) in [5.41, 5.74) is 2.67. The van der Waals surface area contributed by atoms with Gasteiger partial charge in [-0.15, -0.1) is 0 Å². The third-order valence-corrected chi connectivity index (χ3v) is 4.63. The first-order valence-corrected chi connectivity index (χ1v) is 8.94. The van der Waals surface area contributed by atoms with Gasteiger partial charge in [-0.3, -0.25) is 9.80 Å². The van der Waals surface area contributed by atoms with Crippen molar-refractivity contribution in [2.24, 2.45) is 0 Å². The van der Waals surface area contributed by atoms with Crippen LogP contribution in [0.15, 0.2) is 36.8 Å². The van der Waals surface area contributed by atoms with E-state index >= 15 is 0 Å². The number of nitrogens with zero attached hydrogens (tertiary/aromatic N) is 4. The Morgan fingerprint density at radius 2 is 1.62 bits per heavy atom. The number of imidazole rings is 1. The number of aromatic nitrogens is 2. The Labute approximate surface area is 144 Å². The van der Waals surface area contributed by atoms with E-state index < -0.39 is 0 Å². The molecule has 1 fully saturated rings. The van der Waals surface area contributed by atoms with E-state index in [2.05, 4.69) is 50.5 Å². The molecule has 2 aromatic rings. The Bertz CT molecular complexity index is 615. The van der Waals surface area contributed by atoms with Crippen LogP contribution in [0.5, 0.6) is 5.75 Å². The Kier molecular flexibility index (Phi) is 5.88. The van der Waals surface area contributed by atoms with Crippen molar-refractivity contribution in [2.75, 3.05) is 32.8 Å². The molecule has 3 rings (SSSR count). The minimum absolute atomic E-state index is 0.720. The van der Waals surface area contributed by atoms with E-state index in [-0.39, 0.29) is 0 Å². The van der Waals surface area contributed by atoms with Crippen LogP contribution < -0.4 is 4.74 Å². The minimum atomic E-state index is 0.720. The first-order chi connectivity index (χ1) is 11.8. The van der Waals surface area contributed by atoms with Crippen molar-refractivity contribution < 1.29 is 4.74 Å². The second-order valence-corrected chi connectivity index (χ2v) is 6.30. The molecule has 0 bridgehead atoms. The van der Waals surface area contributed by atoms with Crippen LogP contribution >= 0.6 is 0 Å². The summed E-state index contributed by atoms with van der Waals surface area (Å²) in [6.45, 7) is 12.4. The molecule has 0 unspecified atom stereocenters. The van der Waals surface area contributed by atoms with E-state index in [1.165, 1.54) is 11.3 Å². The van der Waals surface area contributed by atoms with Crippen LogP contribution in [0.1, 0.15) is 25.1 Å². The molecule has 1 saturated heterocycles. The summed E-state index contributed by atoms with van der Waals surface area (Å²) >= 11 is 0. The number of ether oxygens (including phenoxy) is 1. The Hall–Kier alpha value is -1.85. The lowest BCUT2D eigenvalue weighted by Gasteiger charge is -2.34. The Balaban J connectivity index is 1.46. The van der Waals surface area contributed by atoms with Gasteiger partial charge in [-0.2, -0.15) is 0 Å². The van der Waals surface area contributed by atoms with Crippen molar-refractivity contribution in [1.82, 2.24) is 19.4 Å². The average Bonchev–Trinajstić information content (AvgIpc) is 3.06. The predicted octanol–water partition coefficient (Wildman–Crippen LogP) is 2.62. The smallest absolute Gasteiger partial charge is 0.119 e. The maximum atomic E-state index is 5.51. The van der Waals surface area contributed by atoms with E-state index in [4.69, 9.17) is 4.74 Å². The number of piperazine rings is 1. The van der Waals surface area contributed by atoms with Crippen molar-refractivity contribution >= 4 is 0 Å². The second-order valence-electron chi connectivity index (χ2n) is 6.30. The summed E-state index contributed by atoms with van der Waals surface area (Å²) in [7, 11) is 0. The number of benzene rings is 1. The van der Waals surface area contributed by atoms with E-state index in [1.54, 1.807) is 0 Å². The van der Waals surface area contributed by atoms with Crippen LogP contribution in [0.4, 0.5) is 0 Å². The highest BCUT2D eigenvalue weighted by Crippen LogP contribution is 2.15. The Morgan fingerprint density at radius 1 is 0.958 bits per heavy atom. The number of aryl methyl sites for hydroxylation is 1. The van der Waals surface area contributed by atoms with Gasteiger partial charge in [0.2, 0.25) is 0 Å². The minimum Gasteiger partial charge on any atom is -0.494 e. The summed E-state index contributed by atoms with van der Waals surface area (Å²) in [6, 6.07) is 8.50. The van der Waals surface area contributed by atoms with Gasteiger partial charge in [0.25, 0.3) is 0 Å². The third-order valence-electron chi connectivity index (χ3n) is 4.63. The van der Waals surface area contributed by atoms with Crippen LogP contribution in [0.3, 0.4) is 0 Å². The van der Waals surface area contributed by atoms with E-state index in [0.29, 0.717) is 0 Å². The molecule has 5 heteroatoms. The zero-order valence-corrected chi connectivity index (χ0v) is 14.8. The highest BCUT2D eigenvalue weighted by molar-refractivity contribution is 5.27. The lowest BCUT2D eigenvalue weighted by molar-refractivity contribution is 0.120. The molecule has 1 aromatic carbocycles. The maximum absolute atomic E-state index is 5.51. The summed E-state index contributed by atoms with van der Waals surface area (Å²) in [5.74, 6) is 0.957. The molecule has 1 aliphatic rings. The lowest BCUT2D eigenvalue weighted by Crippen LogP contribution is -2.45. The molecule has 0 aliphatic carbocycles. The largest absolute Gasteiger partial charge is 0.494 e. The van der Waals surface area contributed by atoms with Gasteiger partial charge in [-0.25, -0.2) is 4.98 Å². The quantitative estimate of drug-likeness (QED) is 0.782. The van der Waals surface area contributed by atoms with E-state index in [1.807, 2.05) is 19.4 Å². The third kappa shape index (κ3) is 4.36. The van der Waals surface area contributed by atoms with Crippen molar-refractivity contribution in [1.29, 1.82) is 0 Å². The Morgan fingerprint density at radius 3 is 2.25 bits per heavy atom. The number of rotatable bonds is 7. The molecule has 0 amide bonds. The molecular weight excluding hydrogens is 300 g/mol. The van der Waals surface area contributed by atoms with Gasteiger partial charge in [0, 0.05) is 52.0 Å². The van der Waals surface area contributed by atoms with Crippen LogP contribution in [-0.2, 0) is 19.6 Å². The van der Waals surface area contributed by atoms with Crippen LogP contribution in [0, 0.1) is 0 Å². The van der Waals surface area contributed by atoms with Crippen LogP contribution in [0.2, 0.25) is 0 Å². The van der Waals surface area contributed by atoms with Crippen molar-refractivity contribution in [3.63, 3.8) is 0 Å². The normalized spacial score (nSPS) is 16.4. The molecule has 5 nitrogen and oxygen atoms in total. The molecule has 1 aromatic heterocycles. The first kappa shape index (κ1) is 17.0. The average molecular weight is 328 g/mol. The fourth-order valence-electron chi connectivity index (χ4n) is 3.22. The van der Waals surface area contributed by atoms with Gasteiger partial charge in [0.05, 0.1) is 18.6 Å². The summed E-state index contributed by atoms with van der Waals surface area (Å²) in [6.07, 6.45) is 3.92. The summed E-state index contributed by atoms with van der Waals surface area (Å²) in [5, 5.41) is 0. The molecule has 0 spiro atoms. The highest BCUT2D eigenvalue weighted by Gasteiger charge is 2.18. The van der Waals surface area contributed by atoms with E-state index in [9.17, 15) is 0 Å². The molecule has 2 heterocycles. The zero-order valence-electron chi connectivity index (χ0n) is 14.8. The molecule has 1 aliphatic heterocycles. The molecule has 24 heavy (non-hydrogen) atoms. The van der Waals surface area contributed by atoms with Gasteiger partial charge < -0.3 is 9.30 Å². The highest BCUT2D eigenvalue weighted by atomic mass is 16.5. The zero-order chi connectivity index (χ0) is 16.8. The fraction of sp³-hybridized carbons (Fsp3) is 0.526. The lowest BCUT2D eigenvalue weighted by atomic mass is 10.2. The summed E-state index contributed by atoms with van der Waals surface area (Å²) < 4.78 is 7.73. The van der Waals surface area contributed by atoms with Crippen LogP contribution in [0.25, 0.3) is 0 Å². The van der Waals surface area contributed by atoms with E-state index in [0.717, 1.165) is 58.2 Å². The molecule has 0 radical (unpaired) electrons. The van der Waals surface area contributed by atoms with Gasteiger partial charge in [-0.05, 0) is 31.5 Å². The predicted molar refractivity (Wildman–Crippen MR) is 96.1 cm³/mol. The van der Waals surface area contributed by atoms with Crippen molar-refractivity contribution in [2.45, 2.75) is 33.5 Å². The number of hydrogen-bond donors (Lipinski definition) is 0. The fourth-order valence-corrected chi connectivity index (χ4v) is 3.22. The SMILES string of the molecule is CCOc1ccc(CN2CCN(Cc3cncn3CC)CC2)cc1. The second kappa shape index (κ2) is 8.31.